The Morgan fingerprint density at radius 2 is 0.562 bits per heavy atom. The molecule has 0 spiro atoms. The van der Waals surface area contributed by atoms with Crippen molar-refractivity contribution in [1.82, 2.24) is 0 Å². The van der Waals surface area contributed by atoms with Crippen LogP contribution in [0, 0.1) is 0 Å². The summed E-state index contributed by atoms with van der Waals surface area (Å²) in [7, 11) is 0. The Hall–Kier alpha value is -3.67. The lowest BCUT2D eigenvalue weighted by Gasteiger charge is -2.18. The predicted molar refractivity (Wildman–Crippen MR) is 316 cm³/mol. The Kier molecular flexibility index (Phi) is 57.8. The van der Waals surface area contributed by atoms with Crippen molar-refractivity contribution in [3.63, 3.8) is 0 Å². The monoisotopic (exact) mass is 1010 g/mol. The minimum atomic E-state index is -0.781. The van der Waals surface area contributed by atoms with E-state index in [1.165, 1.54) is 122 Å². The highest BCUT2D eigenvalue weighted by molar-refractivity contribution is 5.71. The number of rotatable bonds is 55. The molecule has 73 heavy (non-hydrogen) atoms. The first-order chi connectivity index (χ1) is 36.0. The summed E-state index contributed by atoms with van der Waals surface area (Å²) in [4.78, 5) is 38.0. The molecule has 418 valence electrons. The Labute approximate surface area is 451 Å². The lowest BCUT2D eigenvalue weighted by Crippen LogP contribution is -2.30. The van der Waals surface area contributed by atoms with Gasteiger partial charge >= 0.3 is 17.9 Å². The lowest BCUT2D eigenvalue weighted by molar-refractivity contribution is -0.167. The third kappa shape index (κ3) is 59.1. The summed E-state index contributed by atoms with van der Waals surface area (Å²) < 4.78 is 16.8. The normalized spacial score (nSPS) is 12.8. The van der Waals surface area contributed by atoms with Crippen LogP contribution in [0.1, 0.15) is 290 Å². The van der Waals surface area contributed by atoms with E-state index in [0.29, 0.717) is 19.3 Å². The molecule has 0 aliphatic rings. The van der Waals surface area contributed by atoms with Crippen LogP contribution < -0.4 is 0 Å². The van der Waals surface area contributed by atoms with E-state index in [4.69, 9.17) is 14.2 Å². The van der Waals surface area contributed by atoms with Crippen molar-refractivity contribution in [3.05, 3.63) is 97.2 Å². The standard InChI is InChI=1S/C67H114O6/c1-4-7-10-13-16-19-21-23-24-25-26-27-28-29-30-31-32-33-34-35-36-37-38-39-40-41-42-44-45-48-51-54-57-60-66(69)72-63-64(62-71-65(68)59-56-53-50-47-18-15-12-9-6-3)73-67(70)61-58-55-52-49-46-43-22-20-17-14-11-8-5-2/h7,10-11,14,16,19-20,22-24,26-27,29-30,32-33,64H,4-6,8-9,12-13,15,17-18,21,25,28,31,34-63H2,1-3H3/b10-7-,14-11-,19-16-,22-20-,24-23-,27-26-,30-29-,33-32-. The van der Waals surface area contributed by atoms with Gasteiger partial charge in [-0.15, -0.1) is 0 Å². The molecule has 0 bridgehead atoms. The summed E-state index contributed by atoms with van der Waals surface area (Å²) in [6.07, 6.45) is 81.4. The highest BCUT2D eigenvalue weighted by atomic mass is 16.6. The van der Waals surface area contributed by atoms with Gasteiger partial charge in [0.25, 0.3) is 0 Å². The molecule has 0 aromatic carbocycles. The van der Waals surface area contributed by atoms with Crippen LogP contribution in [0.15, 0.2) is 97.2 Å². The maximum absolute atomic E-state index is 12.8. The number of carbonyl (C=O) groups is 3. The maximum Gasteiger partial charge on any atom is 0.306 e. The van der Waals surface area contributed by atoms with Crippen molar-refractivity contribution in [2.24, 2.45) is 0 Å². The number of esters is 3. The fraction of sp³-hybridized carbons (Fsp3) is 0.716. The summed E-state index contributed by atoms with van der Waals surface area (Å²) in [6.45, 7) is 6.44. The third-order valence-corrected chi connectivity index (χ3v) is 13.1. The van der Waals surface area contributed by atoms with E-state index < -0.39 is 6.10 Å². The quantitative estimate of drug-likeness (QED) is 0.0261. The molecule has 0 heterocycles. The Morgan fingerprint density at radius 3 is 0.890 bits per heavy atom. The molecule has 0 rings (SSSR count). The van der Waals surface area contributed by atoms with Gasteiger partial charge in [-0.1, -0.05) is 272 Å². The number of carbonyl (C=O) groups excluding carboxylic acids is 3. The van der Waals surface area contributed by atoms with E-state index in [1.54, 1.807) is 0 Å². The molecule has 0 saturated heterocycles. The summed E-state index contributed by atoms with van der Waals surface area (Å²) >= 11 is 0. The second-order valence-electron chi connectivity index (χ2n) is 20.2. The molecule has 0 aliphatic carbocycles. The highest BCUT2D eigenvalue weighted by Gasteiger charge is 2.19. The van der Waals surface area contributed by atoms with E-state index in [0.717, 1.165) is 128 Å². The molecule has 0 aromatic rings. The zero-order valence-corrected chi connectivity index (χ0v) is 47.9. The van der Waals surface area contributed by atoms with Crippen molar-refractivity contribution in [2.75, 3.05) is 13.2 Å². The molecule has 0 saturated carbocycles. The number of ether oxygens (including phenoxy) is 3. The van der Waals surface area contributed by atoms with Crippen molar-refractivity contribution in [1.29, 1.82) is 0 Å². The van der Waals surface area contributed by atoms with Crippen LogP contribution >= 0.6 is 0 Å². The zero-order valence-electron chi connectivity index (χ0n) is 47.9. The van der Waals surface area contributed by atoms with E-state index in [1.807, 2.05) is 0 Å². The number of unbranched alkanes of at least 4 members (excludes halogenated alkanes) is 28. The Morgan fingerprint density at radius 1 is 0.288 bits per heavy atom. The van der Waals surface area contributed by atoms with Gasteiger partial charge in [0.2, 0.25) is 0 Å². The first-order valence-corrected chi connectivity index (χ1v) is 30.7. The van der Waals surface area contributed by atoms with Gasteiger partial charge in [0.15, 0.2) is 6.10 Å². The van der Waals surface area contributed by atoms with Crippen LogP contribution in [-0.2, 0) is 28.6 Å². The topological polar surface area (TPSA) is 78.9 Å². The Balaban J connectivity index is 4.08. The second-order valence-corrected chi connectivity index (χ2v) is 20.2. The first-order valence-electron chi connectivity index (χ1n) is 30.7. The Bertz CT molecular complexity index is 1440. The fourth-order valence-electron chi connectivity index (χ4n) is 8.48. The van der Waals surface area contributed by atoms with Crippen LogP contribution in [0.25, 0.3) is 0 Å². The average Bonchev–Trinajstić information content (AvgIpc) is 3.39. The molecule has 1 atom stereocenters. The van der Waals surface area contributed by atoms with Crippen molar-refractivity contribution in [3.8, 4) is 0 Å². The largest absolute Gasteiger partial charge is 0.462 e. The summed E-state index contributed by atoms with van der Waals surface area (Å²) in [6, 6.07) is 0. The van der Waals surface area contributed by atoms with Gasteiger partial charge in [-0.25, -0.2) is 0 Å². The summed E-state index contributed by atoms with van der Waals surface area (Å²) in [5, 5.41) is 0. The smallest absolute Gasteiger partial charge is 0.306 e. The molecular weight excluding hydrogens is 901 g/mol. The minimum absolute atomic E-state index is 0.0799. The van der Waals surface area contributed by atoms with E-state index >= 15 is 0 Å². The van der Waals surface area contributed by atoms with Gasteiger partial charge in [-0.2, -0.15) is 0 Å². The zero-order chi connectivity index (χ0) is 52.9. The summed E-state index contributed by atoms with van der Waals surface area (Å²) in [5.74, 6) is -0.892. The number of allylic oxidation sites excluding steroid dienone is 16. The molecular formula is C67H114O6. The SMILES string of the molecule is CC/C=C\C/C=C\C/C=C\C/C=C\C/C=C\C/C=C\CCCCCCCCCCCCCCCCC(=O)OCC(COC(=O)CCCCCCCCCCC)OC(=O)CCCCCCC/C=C\C/C=C\CCC. The van der Waals surface area contributed by atoms with Gasteiger partial charge < -0.3 is 14.2 Å². The molecule has 6 heteroatoms. The van der Waals surface area contributed by atoms with Crippen LogP contribution in [0.5, 0.6) is 0 Å². The molecule has 0 fully saturated rings. The fourth-order valence-corrected chi connectivity index (χ4v) is 8.48. The van der Waals surface area contributed by atoms with Gasteiger partial charge in [0.1, 0.15) is 13.2 Å². The van der Waals surface area contributed by atoms with Crippen molar-refractivity contribution < 1.29 is 28.6 Å². The highest BCUT2D eigenvalue weighted by Crippen LogP contribution is 2.16. The summed E-state index contributed by atoms with van der Waals surface area (Å²) in [5.41, 5.74) is 0. The molecule has 0 aromatic heterocycles. The molecule has 0 aliphatic heterocycles. The maximum atomic E-state index is 12.8. The molecule has 0 amide bonds. The second kappa shape index (κ2) is 60.9. The minimum Gasteiger partial charge on any atom is -0.462 e. The number of hydrogen-bond acceptors (Lipinski definition) is 6. The molecule has 6 nitrogen and oxygen atoms in total. The number of hydrogen-bond donors (Lipinski definition) is 0. The van der Waals surface area contributed by atoms with Crippen LogP contribution in [0.4, 0.5) is 0 Å². The van der Waals surface area contributed by atoms with Crippen LogP contribution in [-0.4, -0.2) is 37.2 Å². The molecule has 0 N–H and O–H groups in total. The van der Waals surface area contributed by atoms with Gasteiger partial charge in [-0.05, 0) is 96.3 Å². The van der Waals surface area contributed by atoms with Crippen molar-refractivity contribution >= 4 is 17.9 Å². The molecule has 1 unspecified atom stereocenters. The van der Waals surface area contributed by atoms with Crippen LogP contribution in [0.2, 0.25) is 0 Å². The predicted octanol–water partition coefficient (Wildman–Crippen LogP) is 20.9. The average molecular weight is 1020 g/mol. The van der Waals surface area contributed by atoms with Crippen LogP contribution in [0.3, 0.4) is 0 Å². The van der Waals surface area contributed by atoms with E-state index in [-0.39, 0.29) is 31.1 Å². The van der Waals surface area contributed by atoms with Crippen molar-refractivity contribution in [2.45, 2.75) is 297 Å². The van der Waals surface area contributed by atoms with Gasteiger partial charge in [0.05, 0.1) is 0 Å². The first kappa shape index (κ1) is 69.3. The van der Waals surface area contributed by atoms with E-state index in [2.05, 4.69) is 118 Å². The van der Waals surface area contributed by atoms with E-state index in [9.17, 15) is 14.4 Å². The molecule has 0 radical (unpaired) electrons. The van der Waals surface area contributed by atoms with Gasteiger partial charge in [0, 0.05) is 19.3 Å². The van der Waals surface area contributed by atoms with Gasteiger partial charge in [-0.3, -0.25) is 14.4 Å². The third-order valence-electron chi connectivity index (χ3n) is 13.1. The lowest BCUT2D eigenvalue weighted by atomic mass is 10.0.